The van der Waals surface area contributed by atoms with Gasteiger partial charge in [-0.15, -0.1) is 35.3 Å². The van der Waals surface area contributed by atoms with Crippen LogP contribution in [0, 0.1) is 0 Å². The first kappa shape index (κ1) is 24.1. The average molecular weight is 528 g/mol. The highest BCUT2D eigenvalue weighted by molar-refractivity contribution is 14.0. The lowest BCUT2D eigenvalue weighted by Crippen LogP contribution is -2.51. The standard InChI is InChI=1S/C22H33N5S.HI/c1-4-21-25-20(16-28-21)14-24-22(23-5-2)26-19-11-12-27(17(3)13-19)15-18-9-7-6-8-10-18;/h6-10,16-17,19H,4-5,11-15H2,1-3H3,(H2,23,24,26);1H. The highest BCUT2D eigenvalue weighted by Crippen LogP contribution is 2.20. The third-order valence-electron chi connectivity index (χ3n) is 5.23. The largest absolute Gasteiger partial charge is 0.357 e. The Morgan fingerprint density at radius 2 is 2.07 bits per heavy atom. The molecule has 7 heteroatoms. The molecule has 1 aromatic carbocycles. The fraction of sp³-hybridized carbons (Fsp3) is 0.545. The van der Waals surface area contributed by atoms with Gasteiger partial charge in [0.05, 0.1) is 17.2 Å². The van der Waals surface area contributed by atoms with Gasteiger partial charge < -0.3 is 10.6 Å². The maximum Gasteiger partial charge on any atom is 0.191 e. The smallest absolute Gasteiger partial charge is 0.191 e. The molecule has 5 nitrogen and oxygen atoms in total. The van der Waals surface area contributed by atoms with E-state index in [1.54, 1.807) is 11.3 Å². The van der Waals surface area contributed by atoms with Crippen molar-refractivity contribution in [3.05, 3.63) is 52.0 Å². The summed E-state index contributed by atoms with van der Waals surface area (Å²) in [7, 11) is 0. The van der Waals surface area contributed by atoms with Gasteiger partial charge in [0.2, 0.25) is 0 Å². The molecule has 0 bridgehead atoms. The molecule has 2 aromatic rings. The van der Waals surface area contributed by atoms with Crippen LogP contribution in [0.5, 0.6) is 0 Å². The Hall–Kier alpha value is -1.19. The van der Waals surface area contributed by atoms with Crippen molar-refractivity contribution in [3.8, 4) is 0 Å². The number of thiazole rings is 1. The summed E-state index contributed by atoms with van der Waals surface area (Å²) in [6, 6.07) is 11.8. The number of aliphatic imine (C=N–C) groups is 1. The zero-order valence-electron chi connectivity index (χ0n) is 17.7. The van der Waals surface area contributed by atoms with Crippen molar-refractivity contribution < 1.29 is 0 Å². The second kappa shape index (κ2) is 12.5. The summed E-state index contributed by atoms with van der Waals surface area (Å²) in [4.78, 5) is 12.0. The van der Waals surface area contributed by atoms with E-state index in [2.05, 4.69) is 77.0 Å². The summed E-state index contributed by atoms with van der Waals surface area (Å²) in [5.74, 6) is 0.905. The molecular formula is C22H34IN5S. The highest BCUT2D eigenvalue weighted by Gasteiger charge is 2.25. The molecule has 0 aliphatic carbocycles. The molecular weight excluding hydrogens is 493 g/mol. The summed E-state index contributed by atoms with van der Waals surface area (Å²) in [6.45, 7) is 10.2. The molecule has 2 N–H and O–H groups in total. The SMILES string of the molecule is CCNC(=NCc1csc(CC)n1)NC1CCN(Cc2ccccc2)C(C)C1.I. The molecule has 1 aromatic heterocycles. The fourth-order valence-electron chi connectivity index (χ4n) is 3.66. The molecule has 0 amide bonds. The number of halogens is 1. The van der Waals surface area contributed by atoms with Gasteiger partial charge in [-0.25, -0.2) is 9.98 Å². The van der Waals surface area contributed by atoms with E-state index in [-0.39, 0.29) is 24.0 Å². The van der Waals surface area contributed by atoms with Crippen LogP contribution in [0.15, 0.2) is 40.7 Å². The van der Waals surface area contributed by atoms with Gasteiger partial charge in [0, 0.05) is 37.1 Å². The number of nitrogens with zero attached hydrogens (tertiary/aromatic N) is 3. The monoisotopic (exact) mass is 527 g/mol. The first-order valence-corrected chi connectivity index (χ1v) is 11.3. The molecule has 0 radical (unpaired) electrons. The van der Waals surface area contributed by atoms with E-state index < -0.39 is 0 Å². The highest BCUT2D eigenvalue weighted by atomic mass is 127. The number of aryl methyl sites for hydroxylation is 1. The Morgan fingerprint density at radius 1 is 1.28 bits per heavy atom. The van der Waals surface area contributed by atoms with Crippen LogP contribution >= 0.6 is 35.3 Å². The van der Waals surface area contributed by atoms with Crippen molar-refractivity contribution in [1.29, 1.82) is 0 Å². The number of likely N-dealkylation sites (tertiary alicyclic amines) is 1. The van der Waals surface area contributed by atoms with Crippen molar-refractivity contribution in [1.82, 2.24) is 20.5 Å². The maximum absolute atomic E-state index is 4.76. The van der Waals surface area contributed by atoms with Crippen LogP contribution in [0.2, 0.25) is 0 Å². The average Bonchev–Trinajstić information content (AvgIpc) is 3.17. The van der Waals surface area contributed by atoms with Crippen LogP contribution in [0.3, 0.4) is 0 Å². The van der Waals surface area contributed by atoms with Gasteiger partial charge in [0.15, 0.2) is 5.96 Å². The van der Waals surface area contributed by atoms with Gasteiger partial charge in [0.1, 0.15) is 0 Å². The molecule has 3 rings (SSSR count). The molecule has 0 saturated carbocycles. The zero-order chi connectivity index (χ0) is 19.8. The number of piperidine rings is 1. The summed E-state index contributed by atoms with van der Waals surface area (Å²) >= 11 is 1.72. The Balaban J connectivity index is 0.00000300. The van der Waals surface area contributed by atoms with Gasteiger partial charge >= 0.3 is 0 Å². The number of guanidine groups is 1. The third-order valence-corrected chi connectivity index (χ3v) is 6.27. The lowest BCUT2D eigenvalue weighted by Gasteiger charge is -2.38. The predicted octanol–water partition coefficient (Wildman–Crippen LogP) is 4.43. The molecule has 1 saturated heterocycles. The molecule has 1 fully saturated rings. The molecule has 0 spiro atoms. The molecule has 2 unspecified atom stereocenters. The van der Waals surface area contributed by atoms with Crippen LogP contribution < -0.4 is 10.6 Å². The second-order valence-electron chi connectivity index (χ2n) is 7.45. The minimum Gasteiger partial charge on any atom is -0.357 e. The third kappa shape index (κ3) is 7.53. The summed E-state index contributed by atoms with van der Waals surface area (Å²) < 4.78 is 0. The van der Waals surface area contributed by atoms with Crippen molar-refractivity contribution in [2.24, 2.45) is 4.99 Å². The minimum absolute atomic E-state index is 0. The normalized spacial score (nSPS) is 20.2. The summed E-state index contributed by atoms with van der Waals surface area (Å²) in [6.07, 6.45) is 3.26. The number of benzene rings is 1. The van der Waals surface area contributed by atoms with Crippen LogP contribution in [-0.2, 0) is 19.5 Å². The summed E-state index contributed by atoms with van der Waals surface area (Å²) in [5.41, 5.74) is 2.45. The molecule has 2 atom stereocenters. The Labute approximate surface area is 196 Å². The number of hydrogen-bond acceptors (Lipinski definition) is 4. The predicted molar refractivity (Wildman–Crippen MR) is 134 cm³/mol. The molecule has 2 heterocycles. The Morgan fingerprint density at radius 3 is 2.72 bits per heavy atom. The van der Waals surface area contributed by atoms with Crippen molar-refractivity contribution in [2.75, 3.05) is 13.1 Å². The van der Waals surface area contributed by atoms with Gasteiger partial charge in [0.25, 0.3) is 0 Å². The van der Waals surface area contributed by atoms with Gasteiger partial charge in [-0.3, -0.25) is 4.90 Å². The topological polar surface area (TPSA) is 52.6 Å². The number of hydrogen-bond donors (Lipinski definition) is 2. The van der Waals surface area contributed by atoms with Crippen molar-refractivity contribution in [2.45, 2.75) is 65.2 Å². The first-order chi connectivity index (χ1) is 13.7. The van der Waals surface area contributed by atoms with Crippen molar-refractivity contribution >= 4 is 41.3 Å². The van der Waals surface area contributed by atoms with Gasteiger partial charge in [-0.2, -0.15) is 0 Å². The second-order valence-corrected chi connectivity index (χ2v) is 8.39. The molecule has 1 aliphatic rings. The number of rotatable bonds is 7. The van der Waals surface area contributed by atoms with E-state index in [4.69, 9.17) is 4.99 Å². The fourth-order valence-corrected chi connectivity index (χ4v) is 4.40. The Kier molecular flexibility index (Phi) is 10.4. The minimum atomic E-state index is 0. The lowest BCUT2D eigenvalue weighted by atomic mass is 9.97. The first-order valence-electron chi connectivity index (χ1n) is 10.4. The number of aromatic nitrogens is 1. The van der Waals surface area contributed by atoms with Gasteiger partial charge in [-0.1, -0.05) is 37.3 Å². The van der Waals surface area contributed by atoms with E-state index in [0.29, 0.717) is 18.6 Å². The van der Waals surface area contributed by atoms with Crippen LogP contribution in [0.1, 0.15) is 49.9 Å². The molecule has 1 aliphatic heterocycles. The van der Waals surface area contributed by atoms with E-state index >= 15 is 0 Å². The maximum atomic E-state index is 4.76. The summed E-state index contributed by atoms with van der Waals surface area (Å²) in [5, 5.41) is 10.3. The molecule has 160 valence electrons. The van der Waals surface area contributed by atoms with Crippen LogP contribution in [-0.4, -0.2) is 41.0 Å². The van der Waals surface area contributed by atoms with Gasteiger partial charge in [-0.05, 0) is 38.7 Å². The lowest BCUT2D eigenvalue weighted by molar-refractivity contribution is 0.134. The quantitative estimate of drug-likeness (QED) is 0.318. The molecule has 29 heavy (non-hydrogen) atoms. The van der Waals surface area contributed by atoms with Crippen molar-refractivity contribution in [3.63, 3.8) is 0 Å². The number of nitrogens with one attached hydrogen (secondary N) is 2. The van der Waals surface area contributed by atoms with Crippen LogP contribution in [0.25, 0.3) is 0 Å². The zero-order valence-corrected chi connectivity index (χ0v) is 20.9. The van der Waals surface area contributed by atoms with E-state index in [9.17, 15) is 0 Å². The van der Waals surface area contributed by atoms with Crippen LogP contribution in [0.4, 0.5) is 0 Å². The van der Waals surface area contributed by atoms with E-state index in [1.165, 1.54) is 10.6 Å². The Bertz CT molecular complexity index is 749. The van der Waals surface area contributed by atoms with E-state index in [0.717, 1.165) is 50.6 Å². The van der Waals surface area contributed by atoms with E-state index in [1.807, 2.05) is 0 Å².